The van der Waals surface area contributed by atoms with Gasteiger partial charge in [0, 0.05) is 29.6 Å². The number of pyridine rings is 1. The van der Waals surface area contributed by atoms with Gasteiger partial charge < -0.3 is 14.4 Å². The Morgan fingerprint density at radius 2 is 2.10 bits per heavy atom. The van der Waals surface area contributed by atoms with Crippen molar-refractivity contribution < 1.29 is 14.3 Å². The molecule has 154 valence electrons. The second kappa shape index (κ2) is 7.89. The number of carbonyl (C=O) groups excluding carboxylic acids is 1. The van der Waals surface area contributed by atoms with Crippen molar-refractivity contribution in [3.05, 3.63) is 71.5 Å². The molecular weight excluding hydrogens is 400 g/mol. The summed E-state index contributed by atoms with van der Waals surface area (Å²) in [6, 6.07) is 17.2. The third-order valence-electron chi connectivity index (χ3n) is 5.98. The first-order valence-electron chi connectivity index (χ1n) is 10.3. The normalized spacial score (nSPS) is 23.8. The van der Waals surface area contributed by atoms with Gasteiger partial charge in [-0.25, -0.2) is 0 Å². The first-order chi connectivity index (χ1) is 14.6. The average Bonchev–Trinajstić information content (AvgIpc) is 3.14. The number of likely N-dealkylation sites (tertiary alicyclic amines) is 1. The number of nitrogens with zero attached hydrogens (tertiary/aromatic N) is 2. The molecule has 2 aromatic carbocycles. The van der Waals surface area contributed by atoms with E-state index >= 15 is 0 Å². The van der Waals surface area contributed by atoms with Crippen LogP contribution in [0.25, 0.3) is 10.8 Å². The molecule has 5 rings (SSSR count). The molecule has 0 unspecified atom stereocenters. The van der Waals surface area contributed by atoms with Crippen LogP contribution in [0.15, 0.2) is 60.8 Å². The van der Waals surface area contributed by atoms with Crippen LogP contribution in [0.5, 0.6) is 5.75 Å². The minimum absolute atomic E-state index is 0.0336. The van der Waals surface area contributed by atoms with Gasteiger partial charge in [-0.05, 0) is 42.5 Å². The quantitative estimate of drug-likeness (QED) is 0.612. The van der Waals surface area contributed by atoms with E-state index in [4.69, 9.17) is 21.1 Å². The zero-order valence-electron chi connectivity index (χ0n) is 16.6. The summed E-state index contributed by atoms with van der Waals surface area (Å²) in [5.41, 5.74) is 0.150. The molecule has 3 heterocycles. The molecule has 0 aliphatic carbocycles. The summed E-state index contributed by atoms with van der Waals surface area (Å²) in [5.74, 6) is 0.713. The first kappa shape index (κ1) is 19.3. The molecule has 6 heteroatoms. The lowest BCUT2D eigenvalue weighted by Crippen LogP contribution is -2.50. The van der Waals surface area contributed by atoms with Crippen LogP contribution >= 0.6 is 11.6 Å². The molecule has 5 nitrogen and oxygen atoms in total. The van der Waals surface area contributed by atoms with Crippen LogP contribution in [-0.2, 0) is 4.74 Å². The smallest absolute Gasteiger partial charge is 0.273 e. The van der Waals surface area contributed by atoms with Gasteiger partial charge in [0.2, 0.25) is 0 Å². The summed E-state index contributed by atoms with van der Waals surface area (Å²) in [7, 11) is 0. The number of ether oxygens (including phenoxy) is 2. The Balaban J connectivity index is 1.31. The second-order valence-corrected chi connectivity index (χ2v) is 8.54. The minimum atomic E-state index is -0.359. The minimum Gasteiger partial charge on any atom is -0.488 e. The molecule has 1 amide bonds. The number of amides is 1. The highest BCUT2D eigenvalue weighted by molar-refractivity contribution is 6.30. The Morgan fingerprint density at radius 1 is 1.20 bits per heavy atom. The van der Waals surface area contributed by atoms with Crippen LogP contribution in [0, 0.1) is 0 Å². The standard InChI is InChI=1S/C24H23ClN2O3/c25-18-6-3-7-19(13-18)30-20-14-24(29-15-20)10-4-12-27(16-24)23(28)22-21-8-2-1-5-17(21)9-11-26-22/h1-3,5-9,11,13,20H,4,10,12,14-16H2/t20-,24-/m1/s1. The SMILES string of the molecule is O=C(c1nccc2ccccc12)N1CCC[C@@]2(C[C@@H](Oc3cccc(Cl)c3)CO2)C1. The second-order valence-electron chi connectivity index (χ2n) is 8.11. The number of benzene rings is 2. The highest BCUT2D eigenvalue weighted by Crippen LogP contribution is 2.37. The molecule has 1 spiro atoms. The number of fused-ring (bicyclic) bond motifs is 1. The summed E-state index contributed by atoms with van der Waals surface area (Å²) in [5, 5.41) is 2.56. The van der Waals surface area contributed by atoms with Gasteiger partial charge in [0.1, 0.15) is 17.5 Å². The third-order valence-corrected chi connectivity index (χ3v) is 6.21. The fraction of sp³-hybridized carbons (Fsp3) is 0.333. The molecular formula is C24H23ClN2O3. The largest absolute Gasteiger partial charge is 0.488 e. The maximum absolute atomic E-state index is 13.3. The Kier molecular flexibility index (Phi) is 5.09. The van der Waals surface area contributed by atoms with Crippen LogP contribution in [0.4, 0.5) is 0 Å². The van der Waals surface area contributed by atoms with Crippen LogP contribution in [-0.4, -0.2) is 47.2 Å². The zero-order chi connectivity index (χ0) is 20.6. The van der Waals surface area contributed by atoms with E-state index < -0.39 is 0 Å². The van der Waals surface area contributed by atoms with Gasteiger partial charge in [-0.15, -0.1) is 0 Å². The molecule has 0 saturated carbocycles. The van der Waals surface area contributed by atoms with Crippen molar-refractivity contribution >= 4 is 28.3 Å². The predicted octanol–water partition coefficient (Wildman–Crippen LogP) is 4.73. The number of carbonyl (C=O) groups is 1. The van der Waals surface area contributed by atoms with Crippen molar-refractivity contribution in [3.63, 3.8) is 0 Å². The topological polar surface area (TPSA) is 51.7 Å². The molecule has 1 aromatic heterocycles. The average molecular weight is 423 g/mol. The van der Waals surface area contributed by atoms with Crippen LogP contribution in [0.2, 0.25) is 5.02 Å². The Morgan fingerprint density at radius 3 is 3.00 bits per heavy atom. The Labute approximate surface area is 180 Å². The van der Waals surface area contributed by atoms with E-state index in [0.29, 0.717) is 30.4 Å². The van der Waals surface area contributed by atoms with E-state index in [-0.39, 0.29) is 17.6 Å². The van der Waals surface area contributed by atoms with E-state index in [2.05, 4.69) is 4.98 Å². The van der Waals surface area contributed by atoms with E-state index in [0.717, 1.165) is 35.8 Å². The van der Waals surface area contributed by atoms with Crippen molar-refractivity contribution in [1.82, 2.24) is 9.88 Å². The molecule has 0 radical (unpaired) electrons. The van der Waals surface area contributed by atoms with Crippen molar-refractivity contribution in [2.45, 2.75) is 31.0 Å². The van der Waals surface area contributed by atoms with E-state index in [1.165, 1.54) is 0 Å². The molecule has 0 bridgehead atoms. The van der Waals surface area contributed by atoms with Gasteiger partial charge in [0.15, 0.2) is 0 Å². The highest BCUT2D eigenvalue weighted by atomic mass is 35.5. The zero-order valence-corrected chi connectivity index (χ0v) is 17.3. The van der Waals surface area contributed by atoms with Gasteiger partial charge >= 0.3 is 0 Å². The van der Waals surface area contributed by atoms with Crippen molar-refractivity contribution in [2.75, 3.05) is 19.7 Å². The maximum Gasteiger partial charge on any atom is 0.273 e. The van der Waals surface area contributed by atoms with Crippen LogP contribution in [0.1, 0.15) is 29.8 Å². The number of piperidine rings is 1. The summed E-state index contributed by atoms with van der Waals surface area (Å²) < 4.78 is 12.3. The fourth-order valence-electron chi connectivity index (χ4n) is 4.61. The molecule has 2 atom stereocenters. The van der Waals surface area contributed by atoms with Crippen LogP contribution < -0.4 is 4.74 Å². The summed E-state index contributed by atoms with van der Waals surface area (Å²) >= 11 is 6.06. The molecule has 2 saturated heterocycles. The molecule has 2 aliphatic rings. The number of hydrogen-bond acceptors (Lipinski definition) is 4. The molecule has 0 N–H and O–H groups in total. The lowest BCUT2D eigenvalue weighted by Gasteiger charge is -2.39. The lowest BCUT2D eigenvalue weighted by molar-refractivity contribution is -0.0454. The van der Waals surface area contributed by atoms with E-state index in [9.17, 15) is 4.79 Å². The third kappa shape index (κ3) is 3.75. The maximum atomic E-state index is 13.3. The van der Waals surface area contributed by atoms with E-state index in [1.807, 2.05) is 59.5 Å². The monoisotopic (exact) mass is 422 g/mol. The summed E-state index contributed by atoms with van der Waals surface area (Å²) in [4.78, 5) is 19.6. The van der Waals surface area contributed by atoms with Crippen molar-refractivity contribution in [2.24, 2.45) is 0 Å². The van der Waals surface area contributed by atoms with Gasteiger partial charge in [-0.2, -0.15) is 0 Å². The molecule has 3 aromatic rings. The Bertz CT molecular complexity index is 1080. The van der Waals surface area contributed by atoms with Gasteiger partial charge in [0.25, 0.3) is 5.91 Å². The van der Waals surface area contributed by atoms with Crippen LogP contribution in [0.3, 0.4) is 0 Å². The lowest BCUT2D eigenvalue weighted by atomic mass is 9.89. The first-order valence-corrected chi connectivity index (χ1v) is 10.7. The number of aromatic nitrogens is 1. The summed E-state index contributed by atoms with van der Waals surface area (Å²) in [6.45, 7) is 1.79. The number of rotatable bonds is 3. The summed E-state index contributed by atoms with van der Waals surface area (Å²) in [6.07, 6.45) is 4.24. The predicted molar refractivity (Wildman–Crippen MR) is 116 cm³/mol. The fourth-order valence-corrected chi connectivity index (χ4v) is 4.79. The number of halogens is 1. The molecule has 30 heavy (non-hydrogen) atoms. The molecule has 2 fully saturated rings. The molecule has 2 aliphatic heterocycles. The number of hydrogen-bond donors (Lipinski definition) is 0. The highest BCUT2D eigenvalue weighted by Gasteiger charge is 2.45. The van der Waals surface area contributed by atoms with Gasteiger partial charge in [0.05, 0.1) is 18.8 Å². The van der Waals surface area contributed by atoms with Crippen molar-refractivity contribution in [1.29, 1.82) is 0 Å². The van der Waals surface area contributed by atoms with Gasteiger partial charge in [-0.1, -0.05) is 41.9 Å². The Hall–Kier alpha value is -2.63. The van der Waals surface area contributed by atoms with Crippen molar-refractivity contribution in [3.8, 4) is 5.75 Å². The van der Waals surface area contributed by atoms with E-state index in [1.54, 1.807) is 6.20 Å². The van der Waals surface area contributed by atoms with Gasteiger partial charge in [-0.3, -0.25) is 9.78 Å².